The molecule has 0 atom stereocenters. The molecule has 0 aliphatic carbocycles. The van der Waals surface area contributed by atoms with E-state index in [1.165, 1.54) is 6.33 Å². The van der Waals surface area contributed by atoms with Gasteiger partial charge >= 0.3 is 0 Å². The fourth-order valence-corrected chi connectivity index (χ4v) is 2.82. The van der Waals surface area contributed by atoms with Crippen molar-refractivity contribution in [3.63, 3.8) is 0 Å². The highest BCUT2D eigenvalue weighted by atomic mass is 16.5. The van der Waals surface area contributed by atoms with Gasteiger partial charge < -0.3 is 15.0 Å². The van der Waals surface area contributed by atoms with Crippen molar-refractivity contribution in [1.29, 1.82) is 0 Å². The first-order chi connectivity index (χ1) is 11.7. The van der Waals surface area contributed by atoms with Crippen LogP contribution < -0.4 is 15.0 Å². The summed E-state index contributed by atoms with van der Waals surface area (Å²) in [5.74, 6) is 1.90. The summed E-state index contributed by atoms with van der Waals surface area (Å²) in [4.78, 5) is 23.1. The summed E-state index contributed by atoms with van der Waals surface area (Å²) in [5.41, 5.74) is 0.974. The lowest BCUT2D eigenvalue weighted by atomic mass is 9.99. The number of ether oxygens (including phenoxy) is 1. The fraction of sp³-hybridized carbons (Fsp3) is 0.389. The predicted octanol–water partition coefficient (Wildman–Crippen LogP) is 2.97. The monoisotopic (exact) mass is 326 g/mol. The van der Waals surface area contributed by atoms with Crippen LogP contribution in [0.3, 0.4) is 0 Å². The summed E-state index contributed by atoms with van der Waals surface area (Å²) in [6.45, 7) is 4.20. The van der Waals surface area contributed by atoms with Gasteiger partial charge in [-0.25, -0.2) is 9.97 Å². The maximum Gasteiger partial charge on any atom is 0.274 e. The van der Waals surface area contributed by atoms with Gasteiger partial charge in [0.1, 0.15) is 23.6 Å². The molecular formula is C18H22N4O2. The number of para-hydroxylation sites is 2. The second kappa shape index (κ2) is 7.29. The van der Waals surface area contributed by atoms with E-state index in [0.717, 1.165) is 37.7 Å². The number of carbonyl (C=O) groups excluding carboxylic acids is 1. The molecule has 2 aromatic rings. The van der Waals surface area contributed by atoms with Gasteiger partial charge in [-0.15, -0.1) is 0 Å². The number of benzene rings is 1. The van der Waals surface area contributed by atoms with E-state index in [-0.39, 0.29) is 5.91 Å². The molecule has 1 aliphatic rings. The molecule has 1 aromatic carbocycles. The third-order valence-corrected chi connectivity index (χ3v) is 4.35. The van der Waals surface area contributed by atoms with Crippen molar-refractivity contribution >= 4 is 17.4 Å². The molecule has 3 rings (SSSR count). The number of nitrogens with zero attached hydrogens (tertiary/aromatic N) is 3. The topological polar surface area (TPSA) is 67.3 Å². The summed E-state index contributed by atoms with van der Waals surface area (Å²) in [6.07, 6.45) is 3.74. The number of carbonyl (C=O) groups is 1. The number of methoxy groups -OCH3 is 1. The molecule has 6 nitrogen and oxygen atoms in total. The van der Waals surface area contributed by atoms with Crippen molar-refractivity contribution in [1.82, 2.24) is 9.97 Å². The van der Waals surface area contributed by atoms with Crippen LogP contribution in [0.4, 0.5) is 11.5 Å². The van der Waals surface area contributed by atoms with Gasteiger partial charge in [-0.3, -0.25) is 4.79 Å². The van der Waals surface area contributed by atoms with Crippen molar-refractivity contribution in [3.05, 3.63) is 42.4 Å². The number of anilines is 2. The Labute approximate surface area is 141 Å². The SMILES string of the molecule is COc1ccccc1NC(=O)c1cc(N2CCC(C)CC2)ncn1. The fourth-order valence-electron chi connectivity index (χ4n) is 2.82. The molecule has 0 spiro atoms. The highest BCUT2D eigenvalue weighted by Crippen LogP contribution is 2.24. The second-order valence-corrected chi connectivity index (χ2v) is 6.09. The maximum atomic E-state index is 12.5. The molecule has 0 radical (unpaired) electrons. The average molecular weight is 326 g/mol. The van der Waals surface area contributed by atoms with Crippen LogP contribution in [0.5, 0.6) is 5.75 Å². The van der Waals surface area contributed by atoms with Crippen LogP contribution in [0.1, 0.15) is 30.3 Å². The second-order valence-electron chi connectivity index (χ2n) is 6.09. The van der Waals surface area contributed by atoms with Gasteiger partial charge in [0.2, 0.25) is 0 Å². The number of piperidine rings is 1. The Hall–Kier alpha value is -2.63. The molecule has 1 saturated heterocycles. The molecule has 126 valence electrons. The van der Waals surface area contributed by atoms with Gasteiger partial charge in [0.05, 0.1) is 12.8 Å². The lowest BCUT2D eigenvalue weighted by Gasteiger charge is -2.31. The molecular weight excluding hydrogens is 304 g/mol. The molecule has 6 heteroatoms. The highest BCUT2D eigenvalue weighted by molar-refractivity contribution is 6.04. The summed E-state index contributed by atoms with van der Waals surface area (Å²) in [5, 5.41) is 2.84. The molecule has 1 aliphatic heterocycles. The minimum Gasteiger partial charge on any atom is -0.495 e. The maximum absolute atomic E-state index is 12.5. The Morgan fingerprint density at radius 1 is 1.25 bits per heavy atom. The summed E-state index contributed by atoms with van der Waals surface area (Å²) >= 11 is 0. The van der Waals surface area contributed by atoms with Gasteiger partial charge in [-0.1, -0.05) is 19.1 Å². The van der Waals surface area contributed by atoms with Crippen molar-refractivity contribution in [2.24, 2.45) is 5.92 Å². The number of aromatic nitrogens is 2. The van der Waals surface area contributed by atoms with Crippen molar-refractivity contribution in [2.45, 2.75) is 19.8 Å². The van der Waals surface area contributed by atoms with Crippen LogP contribution in [-0.2, 0) is 0 Å². The number of nitrogens with one attached hydrogen (secondary N) is 1. The van der Waals surface area contributed by atoms with Crippen molar-refractivity contribution < 1.29 is 9.53 Å². The number of hydrogen-bond donors (Lipinski definition) is 1. The molecule has 0 unspecified atom stereocenters. The molecule has 1 amide bonds. The van der Waals surface area contributed by atoms with Gasteiger partial charge in [0, 0.05) is 19.2 Å². The van der Waals surface area contributed by atoms with Gasteiger partial charge in [-0.2, -0.15) is 0 Å². The Morgan fingerprint density at radius 3 is 2.75 bits per heavy atom. The van der Waals surface area contributed by atoms with E-state index in [1.54, 1.807) is 25.3 Å². The number of rotatable bonds is 4. The third kappa shape index (κ3) is 3.64. The van der Waals surface area contributed by atoms with Crippen molar-refractivity contribution in [2.75, 3.05) is 30.4 Å². The van der Waals surface area contributed by atoms with Crippen LogP contribution in [0.15, 0.2) is 36.7 Å². The first-order valence-corrected chi connectivity index (χ1v) is 8.18. The van der Waals surface area contributed by atoms with E-state index in [0.29, 0.717) is 17.1 Å². The smallest absolute Gasteiger partial charge is 0.274 e. The predicted molar refractivity (Wildman–Crippen MR) is 93.6 cm³/mol. The van der Waals surface area contributed by atoms with E-state index in [9.17, 15) is 4.79 Å². The summed E-state index contributed by atoms with van der Waals surface area (Å²) in [7, 11) is 1.57. The van der Waals surface area contributed by atoms with E-state index in [2.05, 4.69) is 27.1 Å². The zero-order chi connectivity index (χ0) is 16.9. The normalized spacial score (nSPS) is 15.2. The van der Waals surface area contributed by atoms with Gasteiger partial charge in [0.25, 0.3) is 5.91 Å². The first kappa shape index (κ1) is 16.2. The number of amides is 1. The number of hydrogen-bond acceptors (Lipinski definition) is 5. The van der Waals surface area contributed by atoms with Crippen LogP contribution >= 0.6 is 0 Å². The Kier molecular flexibility index (Phi) is 4.93. The van der Waals surface area contributed by atoms with E-state index >= 15 is 0 Å². The van der Waals surface area contributed by atoms with Crippen LogP contribution in [0.25, 0.3) is 0 Å². The molecule has 1 fully saturated rings. The molecule has 1 aromatic heterocycles. The average Bonchev–Trinajstić information content (AvgIpc) is 2.63. The quantitative estimate of drug-likeness (QED) is 0.935. The summed E-state index contributed by atoms with van der Waals surface area (Å²) < 4.78 is 5.26. The van der Waals surface area contributed by atoms with E-state index in [1.807, 2.05) is 12.1 Å². The van der Waals surface area contributed by atoms with Crippen LogP contribution in [0, 0.1) is 5.92 Å². The Balaban J connectivity index is 1.75. The lowest BCUT2D eigenvalue weighted by molar-refractivity contribution is 0.102. The molecule has 2 heterocycles. The first-order valence-electron chi connectivity index (χ1n) is 8.18. The van der Waals surface area contributed by atoms with Crippen molar-refractivity contribution in [3.8, 4) is 5.75 Å². The van der Waals surface area contributed by atoms with Crippen LogP contribution in [0.2, 0.25) is 0 Å². The van der Waals surface area contributed by atoms with Gasteiger partial charge in [0.15, 0.2) is 0 Å². The Bertz CT molecular complexity index is 712. The third-order valence-electron chi connectivity index (χ3n) is 4.35. The van der Waals surface area contributed by atoms with E-state index < -0.39 is 0 Å². The van der Waals surface area contributed by atoms with Crippen LogP contribution in [-0.4, -0.2) is 36.1 Å². The van der Waals surface area contributed by atoms with E-state index in [4.69, 9.17) is 4.74 Å². The largest absolute Gasteiger partial charge is 0.495 e. The molecule has 0 bridgehead atoms. The Morgan fingerprint density at radius 2 is 2.00 bits per heavy atom. The molecule has 24 heavy (non-hydrogen) atoms. The zero-order valence-electron chi connectivity index (χ0n) is 14.0. The summed E-state index contributed by atoms with van der Waals surface area (Å²) in [6, 6.07) is 9.05. The lowest BCUT2D eigenvalue weighted by Crippen LogP contribution is -2.33. The van der Waals surface area contributed by atoms with Gasteiger partial charge in [-0.05, 0) is 30.9 Å². The zero-order valence-corrected chi connectivity index (χ0v) is 14.0. The minimum absolute atomic E-state index is 0.270. The standard InChI is InChI=1S/C18H22N4O2/c1-13-7-9-22(10-8-13)17-11-15(19-12-20-17)18(23)21-14-5-3-4-6-16(14)24-2/h3-6,11-13H,7-10H2,1-2H3,(H,21,23). The minimum atomic E-state index is -0.270. The molecule has 1 N–H and O–H groups in total. The molecule has 0 saturated carbocycles. The highest BCUT2D eigenvalue weighted by Gasteiger charge is 2.19.